The molecule has 1 aliphatic heterocycles. The fourth-order valence-corrected chi connectivity index (χ4v) is 6.13. The highest BCUT2D eigenvalue weighted by molar-refractivity contribution is 7.89. The van der Waals surface area contributed by atoms with Crippen molar-refractivity contribution in [3.63, 3.8) is 0 Å². The van der Waals surface area contributed by atoms with E-state index in [2.05, 4.69) is 5.32 Å². The third kappa shape index (κ3) is 4.98. The molecule has 0 aromatic heterocycles. The first-order chi connectivity index (χ1) is 14.5. The first-order valence-electron chi connectivity index (χ1n) is 9.98. The van der Waals surface area contributed by atoms with Crippen molar-refractivity contribution in [2.45, 2.75) is 36.0 Å². The lowest BCUT2D eigenvalue weighted by molar-refractivity contribution is 0.102. The van der Waals surface area contributed by atoms with E-state index in [4.69, 9.17) is 0 Å². The SMILES string of the molecule is Cc1ccc(NC(=O)c2cccc(S(=O)(=O)N(C)C)c2)cc1S(=O)(=O)N1CCCCC1. The number of hydrogen-bond donors (Lipinski definition) is 1. The highest BCUT2D eigenvalue weighted by Gasteiger charge is 2.28. The summed E-state index contributed by atoms with van der Waals surface area (Å²) in [6, 6.07) is 10.4. The lowest BCUT2D eigenvalue weighted by Gasteiger charge is -2.26. The summed E-state index contributed by atoms with van der Waals surface area (Å²) in [5.74, 6) is -0.527. The smallest absolute Gasteiger partial charge is 0.255 e. The lowest BCUT2D eigenvalue weighted by Crippen LogP contribution is -2.36. The van der Waals surface area contributed by atoms with Crippen molar-refractivity contribution in [1.82, 2.24) is 8.61 Å². The number of carbonyl (C=O) groups is 1. The van der Waals surface area contributed by atoms with Gasteiger partial charge in [0.25, 0.3) is 5.91 Å². The zero-order chi connectivity index (χ0) is 22.8. The number of aryl methyl sites for hydroxylation is 1. The number of amides is 1. The lowest BCUT2D eigenvalue weighted by atomic mass is 10.2. The number of nitrogens with zero attached hydrogens (tertiary/aromatic N) is 2. The molecule has 2 aromatic carbocycles. The molecule has 1 heterocycles. The number of benzene rings is 2. The predicted molar refractivity (Wildman–Crippen MR) is 119 cm³/mol. The first kappa shape index (κ1) is 23.4. The third-order valence-electron chi connectivity index (χ3n) is 5.25. The molecule has 168 valence electrons. The average molecular weight is 466 g/mol. The molecule has 1 saturated heterocycles. The Morgan fingerprint density at radius 1 is 0.968 bits per heavy atom. The molecule has 0 unspecified atom stereocenters. The molecule has 31 heavy (non-hydrogen) atoms. The molecule has 0 atom stereocenters. The van der Waals surface area contributed by atoms with Crippen LogP contribution in [0.25, 0.3) is 0 Å². The fraction of sp³-hybridized carbons (Fsp3) is 0.381. The molecule has 3 rings (SSSR count). The van der Waals surface area contributed by atoms with Crippen LogP contribution < -0.4 is 5.32 Å². The molecule has 0 bridgehead atoms. The van der Waals surface area contributed by atoms with Crippen LogP contribution in [-0.4, -0.2) is 58.5 Å². The van der Waals surface area contributed by atoms with E-state index >= 15 is 0 Å². The van der Waals surface area contributed by atoms with Gasteiger partial charge in [-0.15, -0.1) is 0 Å². The van der Waals surface area contributed by atoms with Crippen molar-refractivity contribution in [2.75, 3.05) is 32.5 Å². The van der Waals surface area contributed by atoms with E-state index in [1.165, 1.54) is 48.7 Å². The number of sulfonamides is 2. The number of piperidine rings is 1. The van der Waals surface area contributed by atoms with Crippen LogP contribution in [0, 0.1) is 6.92 Å². The maximum atomic E-state index is 13.1. The Morgan fingerprint density at radius 2 is 1.65 bits per heavy atom. The zero-order valence-corrected chi connectivity index (χ0v) is 19.5. The molecular weight excluding hydrogens is 438 g/mol. The highest BCUT2D eigenvalue weighted by atomic mass is 32.2. The van der Waals surface area contributed by atoms with Crippen molar-refractivity contribution in [3.05, 3.63) is 53.6 Å². The van der Waals surface area contributed by atoms with E-state index in [-0.39, 0.29) is 15.4 Å². The summed E-state index contributed by atoms with van der Waals surface area (Å²) in [4.78, 5) is 12.9. The van der Waals surface area contributed by atoms with E-state index in [0.29, 0.717) is 24.3 Å². The largest absolute Gasteiger partial charge is 0.322 e. The number of nitrogens with one attached hydrogen (secondary N) is 1. The average Bonchev–Trinajstić information content (AvgIpc) is 2.75. The molecule has 1 amide bonds. The minimum Gasteiger partial charge on any atom is -0.322 e. The van der Waals surface area contributed by atoms with Crippen LogP contribution in [0.5, 0.6) is 0 Å². The van der Waals surface area contributed by atoms with Crippen molar-refractivity contribution < 1.29 is 21.6 Å². The second-order valence-electron chi connectivity index (χ2n) is 7.71. The summed E-state index contributed by atoms with van der Waals surface area (Å²) in [5, 5.41) is 2.68. The van der Waals surface area contributed by atoms with Crippen LogP contribution >= 0.6 is 0 Å². The van der Waals surface area contributed by atoms with Crippen LogP contribution in [0.1, 0.15) is 35.2 Å². The van der Waals surface area contributed by atoms with Crippen LogP contribution in [0.15, 0.2) is 52.3 Å². The molecule has 2 aromatic rings. The van der Waals surface area contributed by atoms with Gasteiger partial charge in [-0.2, -0.15) is 4.31 Å². The monoisotopic (exact) mass is 465 g/mol. The van der Waals surface area contributed by atoms with Gasteiger partial charge in [0.2, 0.25) is 20.0 Å². The molecular formula is C21H27N3O5S2. The molecule has 0 radical (unpaired) electrons. The van der Waals surface area contributed by atoms with E-state index in [9.17, 15) is 21.6 Å². The van der Waals surface area contributed by atoms with Gasteiger partial charge in [-0.25, -0.2) is 21.1 Å². The van der Waals surface area contributed by atoms with Gasteiger partial charge in [0.15, 0.2) is 0 Å². The number of hydrogen-bond acceptors (Lipinski definition) is 5. The van der Waals surface area contributed by atoms with E-state index in [1.54, 1.807) is 19.1 Å². The van der Waals surface area contributed by atoms with Gasteiger partial charge >= 0.3 is 0 Å². The van der Waals surface area contributed by atoms with E-state index in [1.807, 2.05) is 0 Å². The molecule has 1 N–H and O–H groups in total. The maximum absolute atomic E-state index is 13.1. The third-order valence-corrected chi connectivity index (χ3v) is 9.11. The van der Waals surface area contributed by atoms with Crippen LogP contribution in [-0.2, 0) is 20.0 Å². The van der Waals surface area contributed by atoms with Gasteiger partial charge in [-0.1, -0.05) is 18.6 Å². The predicted octanol–water partition coefficient (Wildman–Crippen LogP) is 2.67. The van der Waals surface area contributed by atoms with Crippen molar-refractivity contribution in [1.29, 1.82) is 0 Å². The van der Waals surface area contributed by atoms with Crippen LogP contribution in [0.2, 0.25) is 0 Å². The van der Waals surface area contributed by atoms with E-state index < -0.39 is 26.0 Å². The van der Waals surface area contributed by atoms with Crippen molar-refractivity contribution in [3.8, 4) is 0 Å². The Morgan fingerprint density at radius 3 is 2.29 bits per heavy atom. The van der Waals surface area contributed by atoms with Gasteiger partial charge in [0.05, 0.1) is 9.79 Å². The Labute approximate surface area is 184 Å². The Balaban J connectivity index is 1.87. The van der Waals surface area contributed by atoms with Gasteiger partial charge < -0.3 is 5.32 Å². The molecule has 1 fully saturated rings. The normalized spacial score (nSPS) is 15.7. The topological polar surface area (TPSA) is 104 Å². The molecule has 0 saturated carbocycles. The highest BCUT2D eigenvalue weighted by Crippen LogP contribution is 2.26. The Hall–Kier alpha value is -2.27. The van der Waals surface area contributed by atoms with Crippen LogP contribution in [0.3, 0.4) is 0 Å². The number of anilines is 1. The number of rotatable bonds is 6. The second kappa shape index (κ2) is 9.07. The van der Waals surface area contributed by atoms with Gasteiger partial charge in [-0.05, 0) is 55.7 Å². The van der Waals surface area contributed by atoms with Gasteiger partial charge in [0, 0.05) is 38.4 Å². The number of carbonyl (C=O) groups excluding carboxylic acids is 1. The summed E-state index contributed by atoms with van der Waals surface area (Å²) in [5.41, 5.74) is 1.08. The van der Waals surface area contributed by atoms with Crippen molar-refractivity contribution >= 4 is 31.6 Å². The van der Waals surface area contributed by atoms with Crippen LogP contribution in [0.4, 0.5) is 5.69 Å². The summed E-state index contributed by atoms with van der Waals surface area (Å²) in [6.07, 6.45) is 2.69. The van der Waals surface area contributed by atoms with Gasteiger partial charge in [-0.3, -0.25) is 4.79 Å². The molecule has 10 heteroatoms. The fourth-order valence-electron chi connectivity index (χ4n) is 3.41. The Bertz CT molecular complexity index is 1190. The second-order valence-corrected chi connectivity index (χ2v) is 11.8. The molecule has 8 nitrogen and oxygen atoms in total. The molecule has 1 aliphatic rings. The quantitative estimate of drug-likeness (QED) is 0.706. The summed E-state index contributed by atoms with van der Waals surface area (Å²) in [7, 11) is -4.50. The van der Waals surface area contributed by atoms with Gasteiger partial charge in [0.1, 0.15) is 0 Å². The van der Waals surface area contributed by atoms with Crippen molar-refractivity contribution in [2.24, 2.45) is 0 Å². The Kier molecular flexibility index (Phi) is 6.85. The summed E-state index contributed by atoms with van der Waals surface area (Å²) in [6.45, 7) is 2.70. The maximum Gasteiger partial charge on any atom is 0.255 e. The zero-order valence-electron chi connectivity index (χ0n) is 17.8. The standard InChI is InChI=1S/C21H27N3O5S2/c1-16-10-11-18(15-20(16)31(28,29)24-12-5-4-6-13-24)22-21(25)17-8-7-9-19(14-17)30(26,27)23(2)3/h7-11,14-15H,4-6,12-13H2,1-3H3,(H,22,25). The minimum atomic E-state index is -3.68. The van der Waals surface area contributed by atoms with E-state index in [0.717, 1.165) is 23.6 Å². The summed E-state index contributed by atoms with van der Waals surface area (Å²) < 4.78 is 53.4. The molecule has 0 spiro atoms. The first-order valence-corrected chi connectivity index (χ1v) is 12.9. The minimum absolute atomic E-state index is 0.00224. The molecule has 0 aliphatic carbocycles. The summed E-state index contributed by atoms with van der Waals surface area (Å²) >= 11 is 0.